The summed E-state index contributed by atoms with van der Waals surface area (Å²) < 4.78 is 0. The summed E-state index contributed by atoms with van der Waals surface area (Å²) in [6.07, 6.45) is 2.45. The molecule has 3 aromatic rings. The Hall–Kier alpha value is -3.46. The normalized spacial score (nSPS) is 17.8. The Balaban J connectivity index is 2.02. The minimum absolute atomic E-state index is 0.210. The van der Waals surface area contributed by atoms with Gasteiger partial charge in [0, 0.05) is 0 Å². The van der Waals surface area contributed by atoms with Crippen LogP contribution >= 0.6 is 0 Å². The van der Waals surface area contributed by atoms with Crippen molar-refractivity contribution in [3.8, 4) is 17.2 Å². The van der Waals surface area contributed by atoms with Gasteiger partial charge in [-0.2, -0.15) is 0 Å². The second-order valence-electron chi connectivity index (χ2n) is 23.9. The Morgan fingerprint density at radius 3 is 0.965 bits per heavy atom. The first kappa shape index (κ1) is 46.2. The summed E-state index contributed by atoms with van der Waals surface area (Å²) in [5.41, 5.74) is 14.1. The molecule has 2 unspecified atom stereocenters. The molecule has 0 saturated heterocycles. The van der Waals surface area contributed by atoms with Gasteiger partial charge in [-0.05, 0) is 139 Å². The third kappa shape index (κ3) is 9.88. The SMILES string of the molecule is CC1=C(Cc2cc(C(C)(C)C)c(O)c(C(C)(C)C)c2)C(C)C(Cc2cc(C(C)(C)C)c(O)c(C(C)(C)C)c2)C(C)=C1Cc1cc(C(C)(C)C)c(O)c(C(C)(C)C)c1. The average Bonchev–Trinajstić information content (AvgIpc) is 3.02. The molecule has 0 amide bonds. The lowest BCUT2D eigenvalue weighted by atomic mass is 9.67. The first-order chi connectivity index (χ1) is 25.5. The highest BCUT2D eigenvalue weighted by Crippen LogP contribution is 2.48. The predicted molar refractivity (Wildman–Crippen MR) is 246 cm³/mol. The van der Waals surface area contributed by atoms with Crippen molar-refractivity contribution < 1.29 is 15.3 Å². The fraction of sp³-hybridized carbons (Fsp3) is 0.593. The third-order valence-corrected chi connectivity index (χ3v) is 12.7. The zero-order valence-electron chi connectivity index (χ0n) is 40.1. The molecule has 0 heterocycles. The quantitative estimate of drug-likeness (QED) is 0.234. The first-order valence-corrected chi connectivity index (χ1v) is 21.5. The van der Waals surface area contributed by atoms with Crippen molar-refractivity contribution in [2.75, 3.05) is 0 Å². The average molecular weight is 777 g/mol. The molecule has 57 heavy (non-hydrogen) atoms. The molecule has 314 valence electrons. The van der Waals surface area contributed by atoms with Crippen LogP contribution in [-0.2, 0) is 51.8 Å². The fourth-order valence-corrected chi connectivity index (χ4v) is 9.08. The lowest BCUT2D eigenvalue weighted by Gasteiger charge is -2.38. The molecule has 0 radical (unpaired) electrons. The highest BCUT2D eigenvalue weighted by atomic mass is 16.3. The topological polar surface area (TPSA) is 60.7 Å². The number of hydrogen-bond acceptors (Lipinski definition) is 3. The minimum Gasteiger partial charge on any atom is -0.507 e. The van der Waals surface area contributed by atoms with E-state index in [9.17, 15) is 15.3 Å². The summed E-state index contributed by atoms with van der Waals surface area (Å²) >= 11 is 0. The molecule has 1 aliphatic rings. The van der Waals surface area contributed by atoms with Gasteiger partial charge in [0.05, 0.1) is 0 Å². The van der Waals surface area contributed by atoms with Gasteiger partial charge in [0.1, 0.15) is 17.2 Å². The smallest absolute Gasteiger partial charge is 0.123 e. The maximum atomic E-state index is 11.6. The van der Waals surface area contributed by atoms with Gasteiger partial charge < -0.3 is 15.3 Å². The van der Waals surface area contributed by atoms with Crippen LogP contribution in [0, 0.1) is 11.8 Å². The summed E-state index contributed by atoms with van der Waals surface area (Å²) in [4.78, 5) is 0. The lowest BCUT2D eigenvalue weighted by molar-refractivity contribution is 0.417. The second-order valence-corrected chi connectivity index (χ2v) is 23.9. The summed E-state index contributed by atoms with van der Waals surface area (Å²) in [6, 6.07) is 13.6. The Morgan fingerprint density at radius 2 is 0.684 bits per heavy atom. The fourth-order valence-electron chi connectivity index (χ4n) is 9.08. The highest BCUT2D eigenvalue weighted by molar-refractivity contribution is 5.56. The van der Waals surface area contributed by atoms with Crippen LogP contribution in [-0.4, -0.2) is 15.3 Å². The van der Waals surface area contributed by atoms with Crippen LogP contribution in [0.3, 0.4) is 0 Å². The van der Waals surface area contributed by atoms with Gasteiger partial charge in [0.15, 0.2) is 0 Å². The van der Waals surface area contributed by atoms with Crippen molar-refractivity contribution in [1.82, 2.24) is 0 Å². The molecule has 4 rings (SSSR count). The maximum Gasteiger partial charge on any atom is 0.123 e. The van der Waals surface area contributed by atoms with E-state index in [1.807, 2.05) is 0 Å². The molecule has 0 spiro atoms. The van der Waals surface area contributed by atoms with E-state index >= 15 is 0 Å². The number of benzene rings is 3. The summed E-state index contributed by atoms with van der Waals surface area (Å²) in [6.45, 7) is 46.6. The molecule has 0 bridgehead atoms. The second kappa shape index (κ2) is 15.3. The molecular weight excluding hydrogens is 697 g/mol. The summed E-state index contributed by atoms with van der Waals surface area (Å²) in [5, 5.41) is 34.9. The van der Waals surface area contributed by atoms with Gasteiger partial charge in [-0.3, -0.25) is 0 Å². The van der Waals surface area contributed by atoms with Crippen molar-refractivity contribution in [2.24, 2.45) is 11.8 Å². The van der Waals surface area contributed by atoms with E-state index in [4.69, 9.17) is 0 Å². The lowest BCUT2D eigenvalue weighted by Crippen LogP contribution is -2.27. The van der Waals surface area contributed by atoms with E-state index in [1.165, 1.54) is 39.0 Å². The van der Waals surface area contributed by atoms with Gasteiger partial charge in [0.2, 0.25) is 0 Å². The van der Waals surface area contributed by atoms with Crippen molar-refractivity contribution in [1.29, 1.82) is 0 Å². The molecule has 1 aliphatic carbocycles. The Labute approximate surface area is 349 Å². The molecule has 2 atom stereocenters. The van der Waals surface area contributed by atoms with E-state index in [2.05, 4.69) is 182 Å². The van der Waals surface area contributed by atoms with E-state index in [-0.39, 0.29) is 44.3 Å². The molecule has 0 saturated carbocycles. The molecule has 3 N–H and O–H groups in total. The molecule has 0 aromatic heterocycles. The number of aromatic hydroxyl groups is 3. The summed E-state index contributed by atoms with van der Waals surface area (Å²) in [5.74, 6) is 1.77. The molecule has 3 nitrogen and oxygen atoms in total. The number of hydrogen-bond donors (Lipinski definition) is 3. The van der Waals surface area contributed by atoms with Crippen LogP contribution in [0.25, 0.3) is 0 Å². The van der Waals surface area contributed by atoms with E-state index in [1.54, 1.807) is 0 Å². The Morgan fingerprint density at radius 1 is 0.421 bits per heavy atom. The van der Waals surface area contributed by atoms with Crippen LogP contribution in [0.5, 0.6) is 17.2 Å². The van der Waals surface area contributed by atoms with Gasteiger partial charge in [0.25, 0.3) is 0 Å². The number of rotatable bonds is 6. The van der Waals surface area contributed by atoms with E-state index in [0.717, 1.165) is 52.6 Å². The van der Waals surface area contributed by atoms with Gasteiger partial charge >= 0.3 is 0 Å². The van der Waals surface area contributed by atoms with Crippen LogP contribution < -0.4 is 0 Å². The zero-order valence-corrected chi connectivity index (χ0v) is 40.1. The number of allylic oxidation sites excluding steroid dienone is 4. The molecule has 0 aliphatic heterocycles. The highest BCUT2D eigenvalue weighted by Gasteiger charge is 2.35. The molecular formula is C54H80O3. The summed E-state index contributed by atoms with van der Waals surface area (Å²) in [7, 11) is 0. The van der Waals surface area contributed by atoms with Crippen LogP contribution in [0.4, 0.5) is 0 Å². The van der Waals surface area contributed by atoms with Gasteiger partial charge in [-0.1, -0.05) is 179 Å². The molecule has 0 fully saturated rings. The van der Waals surface area contributed by atoms with Crippen molar-refractivity contribution in [3.05, 3.63) is 109 Å². The molecule has 3 aromatic carbocycles. The maximum absolute atomic E-state index is 11.6. The predicted octanol–water partition coefficient (Wildman–Crippen LogP) is 14.5. The first-order valence-electron chi connectivity index (χ1n) is 21.5. The van der Waals surface area contributed by atoms with Gasteiger partial charge in [-0.15, -0.1) is 0 Å². The monoisotopic (exact) mass is 777 g/mol. The molecule has 3 heteroatoms. The van der Waals surface area contributed by atoms with Gasteiger partial charge in [-0.25, -0.2) is 0 Å². The van der Waals surface area contributed by atoms with Crippen molar-refractivity contribution >= 4 is 0 Å². The standard InChI is InChI=1S/C54H80O3/c1-31-37(22-34-25-40(49(4,5)6)46(55)41(26-34)50(7,8)9)32(2)39(24-36-29-44(53(16,17)18)48(57)45(30-36)54(19,20)21)33(3)38(31)23-35-27-42(51(10,11)12)47(56)43(28-35)52(13,14)15/h25-31,37,55-57H,22-24H2,1-21H3. The van der Waals surface area contributed by atoms with E-state index in [0.29, 0.717) is 17.2 Å². The Bertz CT molecular complexity index is 1950. The van der Waals surface area contributed by atoms with Crippen LogP contribution in [0.15, 0.2) is 58.7 Å². The largest absolute Gasteiger partial charge is 0.507 e. The Kier molecular flexibility index (Phi) is 12.4. The van der Waals surface area contributed by atoms with E-state index < -0.39 is 0 Å². The number of phenols is 3. The van der Waals surface area contributed by atoms with Crippen LogP contribution in [0.2, 0.25) is 0 Å². The van der Waals surface area contributed by atoms with Crippen molar-refractivity contribution in [2.45, 2.75) is 197 Å². The van der Waals surface area contributed by atoms with Crippen molar-refractivity contribution in [3.63, 3.8) is 0 Å². The zero-order chi connectivity index (χ0) is 43.8. The third-order valence-electron chi connectivity index (χ3n) is 12.7. The van der Waals surface area contributed by atoms with Crippen LogP contribution in [0.1, 0.15) is 195 Å². The minimum atomic E-state index is -0.216. The number of phenolic OH excluding ortho intramolecular Hbond substituents is 3.